The number of hydrogen-bond acceptors (Lipinski definition) is 5. The summed E-state index contributed by atoms with van der Waals surface area (Å²) in [5, 5.41) is 7.28. The van der Waals surface area contributed by atoms with E-state index in [1.165, 1.54) is 0 Å². The highest BCUT2D eigenvalue weighted by Gasteiger charge is 2.28. The fraction of sp³-hybridized carbons (Fsp3) is 0.591. The molecule has 1 atom stereocenters. The van der Waals surface area contributed by atoms with Gasteiger partial charge >= 0.3 is 12.1 Å². The first-order valence-electron chi connectivity index (χ1n) is 11.2. The Labute approximate surface area is 192 Å². The smallest absolute Gasteiger partial charge is 0.407 e. The third-order valence-electron chi connectivity index (χ3n) is 5.72. The molecule has 2 aliphatic rings. The Kier molecular flexibility index (Phi) is 6.37. The molecule has 10 heteroatoms. The summed E-state index contributed by atoms with van der Waals surface area (Å²) in [6, 6.07) is -0.183. The molecule has 2 aliphatic heterocycles. The molecule has 0 spiro atoms. The quantitative estimate of drug-likeness (QED) is 0.629. The van der Waals surface area contributed by atoms with Crippen LogP contribution < -0.4 is 15.5 Å². The van der Waals surface area contributed by atoms with Gasteiger partial charge in [-0.25, -0.2) is 14.6 Å². The summed E-state index contributed by atoms with van der Waals surface area (Å²) in [6.07, 6.45) is 6.75. The van der Waals surface area contributed by atoms with Crippen LogP contribution in [-0.2, 0) is 4.74 Å². The van der Waals surface area contributed by atoms with Crippen molar-refractivity contribution in [1.29, 1.82) is 0 Å². The van der Waals surface area contributed by atoms with Gasteiger partial charge in [0.05, 0.1) is 28.0 Å². The van der Waals surface area contributed by atoms with Crippen molar-refractivity contribution in [3.05, 3.63) is 17.4 Å². The lowest BCUT2D eigenvalue weighted by Crippen LogP contribution is -2.49. The van der Waals surface area contributed by atoms with Crippen LogP contribution in [0, 0.1) is 0 Å². The number of amides is 3. The van der Waals surface area contributed by atoms with E-state index in [1.54, 1.807) is 12.4 Å². The highest BCUT2D eigenvalue weighted by molar-refractivity contribution is 6.35. The minimum atomic E-state index is -0.549. The molecular formula is C22H31ClN6O3. The maximum Gasteiger partial charge on any atom is 0.407 e. The Morgan fingerprint density at radius 2 is 1.97 bits per heavy atom. The van der Waals surface area contributed by atoms with Gasteiger partial charge in [-0.15, -0.1) is 0 Å². The first kappa shape index (κ1) is 22.5. The molecule has 0 aliphatic carbocycles. The molecule has 9 nitrogen and oxygen atoms in total. The number of fused-ring (bicyclic) bond motifs is 1. The van der Waals surface area contributed by atoms with Crippen molar-refractivity contribution in [2.24, 2.45) is 0 Å². The summed E-state index contributed by atoms with van der Waals surface area (Å²) >= 11 is 6.62. The first-order valence-corrected chi connectivity index (χ1v) is 11.5. The number of pyridine rings is 1. The van der Waals surface area contributed by atoms with Crippen molar-refractivity contribution in [2.75, 3.05) is 36.4 Å². The zero-order valence-electron chi connectivity index (χ0n) is 18.8. The monoisotopic (exact) mass is 462 g/mol. The number of halogens is 1. The number of carbonyl (C=O) groups is 2. The predicted octanol–water partition coefficient (Wildman–Crippen LogP) is 4.34. The van der Waals surface area contributed by atoms with Crippen LogP contribution in [0.2, 0.25) is 5.02 Å². The van der Waals surface area contributed by atoms with Crippen molar-refractivity contribution in [3.8, 4) is 0 Å². The average molecular weight is 463 g/mol. The highest BCUT2D eigenvalue weighted by Crippen LogP contribution is 2.39. The van der Waals surface area contributed by atoms with Crippen LogP contribution in [0.25, 0.3) is 11.0 Å². The van der Waals surface area contributed by atoms with Gasteiger partial charge in [0.1, 0.15) is 11.2 Å². The van der Waals surface area contributed by atoms with Crippen LogP contribution in [-0.4, -0.2) is 64.8 Å². The summed E-state index contributed by atoms with van der Waals surface area (Å²) in [5.74, 6) is 0. The van der Waals surface area contributed by atoms with E-state index in [0.717, 1.165) is 56.4 Å². The number of nitrogens with zero attached hydrogens (tertiary/aromatic N) is 3. The number of urea groups is 1. The molecule has 2 aromatic heterocycles. The van der Waals surface area contributed by atoms with Crippen LogP contribution in [0.5, 0.6) is 0 Å². The second-order valence-electron chi connectivity index (χ2n) is 9.44. The number of likely N-dealkylation sites (tertiary alicyclic amines) is 1. The van der Waals surface area contributed by atoms with Crippen LogP contribution in [0.3, 0.4) is 0 Å². The molecule has 4 heterocycles. The molecule has 0 radical (unpaired) electrons. The molecule has 32 heavy (non-hydrogen) atoms. The van der Waals surface area contributed by atoms with Crippen LogP contribution >= 0.6 is 11.6 Å². The summed E-state index contributed by atoms with van der Waals surface area (Å²) in [6.45, 7) is 8.44. The SMILES string of the molecule is CC(C)(C)OC(=O)NC1CCCN(c2c(Cl)cnc3[nH]cc(NC(=O)N4CCCC4)c23)C1. The summed E-state index contributed by atoms with van der Waals surface area (Å²) in [7, 11) is 0. The number of piperidine rings is 1. The van der Waals surface area contributed by atoms with Crippen molar-refractivity contribution in [1.82, 2.24) is 20.2 Å². The molecule has 174 valence electrons. The Morgan fingerprint density at radius 3 is 2.69 bits per heavy atom. The van der Waals surface area contributed by atoms with Crippen molar-refractivity contribution < 1.29 is 14.3 Å². The molecule has 2 aromatic rings. The van der Waals surface area contributed by atoms with Crippen LogP contribution in [0.1, 0.15) is 46.5 Å². The van der Waals surface area contributed by atoms with Gasteiger partial charge in [0.15, 0.2) is 0 Å². The van der Waals surface area contributed by atoms with Crippen LogP contribution in [0.15, 0.2) is 12.4 Å². The number of ether oxygens (including phenoxy) is 1. The number of rotatable bonds is 3. The van der Waals surface area contributed by atoms with E-state index in [0.29, 0.717) is 22.9 Å². The van der Waals surface area contributed by atoms with Crippen LogP contribution in [0.4, 0.5) is 21.0 Å². The van der Waals surface area contributed by atoms with Gasteiger partial charge in [0, 0.05) is 38.4 Å². The Balaban J connectivity index is 1.56. The normalized spacial score (nSPS) is 19.3. The van der Waals surface area contributed by atoms with Gasteiger partial charge in [0.2, 0.25) is 0 Å². The topological polar surface area (TPSA) is 103 Å². The van der Waals surface area contributed by atoms with Gasteiger partial charge in [-0.05, 0) is 46.5 Å². The van der Waals surface area contributed by atoms with E-state index in [2.05, 4.69) is 25.5 Å². The standard InChI is InChI=1S/C22H31ClN6O3/c1-22(2,3)32-21(31)26-14-7-6-10-29(13-14)18-15(23)11-24-19-17(18)16(12-25-19)27-20(30)28-8-4-5-9-28/h11-12,14H,4-10,13H2,1-3H3,(H,24,25)(H,26,31)(H,27,30). The number of hydrogen-bond donors (Lipinski definition) is 3. The molecule has 2 fully saturated rings. The Hall–Kier alpha value is -2.68. The largest absolute Gasteiger partial charge is 0.444 e. The molecule has 3 amide bonds. The molecular weight excluding hydrogens is 432 g/mol. The van der Waals surface area contributed by atoms with Gasteiger partial charge in [-0.3, -0.25) is 0 Å². The number of aromatic amines is 1. The van der Waals surface area contributed by atoms with Gasteiger partial charge in [0.25, 0.3) is 0 Å². The van der Waals surface area contributed by atoms with Crippen molar-refractivity contribution in [2.45, 2.75) is 58.1 Å². The average Bonchev–Trinajstić information content (AvgIpc) is 3.37. The molecule has 1 unspecified atom stereocenters. The number of H-pyrrole nitrogens is 1. The lowest BCUT2D eigenvalue weighted by atomic mass is 10.0. The molecule has 0 aromatic carbocycles. The maximum absolute atomic E-state index is 12.7. The van der Waals surface area contributed by atoms with Gasteiger partial charge in [-0.2, -0.15) is 0 Å². The number of aromatic nitrogens is 2. The first-order chi connectivity index (χ1) is 15.2. The number of nitrogens with one attached hydrogen (secondary N) is 3. The fourth-order valence-corrected chi connectivity index (χ4v) is 4.61. The van der Waals surface area contributed by atoms with E-state index in [-0.39, 0.29) is 12.1 Å². The van der Waals surface area contributed by atoms with E-state index < -0.39 is 11.7 Å². The molecule has 2 saturated heterocycles. The minimum Gasteiger partial charge on any atom is -0.444 e. The lowest BCUT2D eigenvalue weighted by molar-refractivity contribution is 0.0500. The molecule has 4 rings (SSSR count). The predicted molar refractivity (Wildman–Crippen MR) is 126 cm³/mol. The summed E-state index contributed by atoms with van der Waals surface area (Å²) < 4.78 is 5.41. The van der Waals surface area contributed by atoms with E-state index in [4.69, 9.17) is 16.3 Å². The molecule has 0 saturated carbocycles. The van der Waals surface area contributed by atoms with E-state index in [1.807, 2.05) is 25.7 Å². The highest BCUT2D eigenvalue weighted by atomic mass is 35.5. The minimum absolute atomic E-state index is 0.0699. The third kappa shape index (κ3) is 5.03. The zero-order valence-corrected chi connectivity index (χ0v) is 19.6. The Morgan fingerprint density at radius 1 is 1.22 bits per heavy atom. The van der Waals surface area contributed by atoms with Gasteiger partial charge in [-0.1, -0.05) is 11.6 Å². The second kappa shape index (κ2) is 9.05. The second-order valence-corrected chi connectivity index (χ2v) is 9.84. The van der Waals surface area contributed by atoms with E-state index in [9.17, 15) is 9.59 Å². The third-order valence-corrected chi connectivity index (χ3v) is 6.00. The van der Waals surface area contributed by atoms with Crippen molar-refractivity contribution in [3.63, 3.8) is 0 Å². The summed E-state index contributed by atoms with van der Waals surface area (Å²) in [5.41, 5.74) is 1.57. The molecule has 0 bridgehead atoms. The molecule has 3 N–H and O–H groups in total. The van der Waals surface area contributed by atoms with E-state index >= 15 is 0 Å². The van der Waals surface area contributed by atoms with Gasteiger partial charge < -0.3 is 30.2 Å². The van der Waals surface area contributed by atoms with Crippen molar-refractivity contribution >= 4 is 46.1 Å². The number of anilines is 2. The summed E-state index contributed by atoms with van der Waals surface area (Å²) in [4.78, 5) is 36.5. The zero-order chi connectivity index (χ0) is 22.9. The Bertz CT molecular complexity index is 995. The number of alkyl carbamates (subject to hydrolysis) is 1. The maximum atomic E-state index is 12.7. The lowest BCUT2D eigenvalue weighted by Gasteiger charge is -2.36. The number of carbonyl (C=O) groups excluding carboxylic acids is 2. The fourth-order valence-electron chi connectivity index (χ4n) is 4.35.